The predicted octanol–water partition coefficient (Wildman–Crippen LogP) is 4.50. The summed E-state index contributed by atoms with van der Waals surface area (Å²) in [5.41, 5.74) is 2.87. The van der Waals surface area contributed by atoms with Gasteiger partial charge in [-0.15, -0.1) is 0 Å². The van der Waals surface area contributed by atoms with Crippen LogP contribution in [-0.4, -0.2) is 46.6 Å². The Hall–Kier alpha value is -4.11. The van der Waals surface area contributed by atoms with Crippen LogP contribution in [0.15, 0.2) is 48.5 Å². The van der Waals surface area contributed by atoms with Gasteiger partial charge in [0.1, 0.15) is 0 Å². The van der Waals surface area contributed by atoms with Crippen LogP contribution < -0.4 is 29.0 Å². The van der Waals surface area contributed by atoms with Gasteiger partial charge >= 0.3 is 5.97 Å². The van der Waals surface area contributed by atoms with Gasteiger partial charge in [0.25, 0.3) is 5.91 Å². The smallest absolute Gasteiger partial charge is 0.310 e. The molecule has 202 valence electrons. The third kappa shape index (κ3) is 4.17. The van der Waals surface area contributed by atoms with Crippen molar-refractivity contribution in [2.45, 2.75) is 12.0 Å². The Kier molecular flexibility index (Phi) is 6.38. The van der Waals surface area contributed by atoms with Gasteiger partial charge in [-0.3, -0.25) is 9.59 Å². The summed E-state index contributed by atoms with van der Waals surface area (Å²) in [4.78, 5) is 26.7. The molecule has 10 heteroatoms. The first kappa shape index (κ1) is 25.2. The fraction of sp³-hybridized carbons (Fsp3) is 0.310. The molecule has 3 aromatic carbocycles. The van der Waals surface area contributed by atoms with Gasteiger partial charge in [0, 0.05) is 22.4 Å². The molecule has 4 atom stereocenters. The maximum absolute atomic E-state index is 13.3. The minimum absolute atomic E-state index is 0.0871. The number of esters is 1. The quantitative estimate of drug-likeness (QED) is 0.447. The molecule has 1 amide bonds. The van der Waals surface area contributed by atoms with Gasteiger partial charge in [-0.25, -0.2) is 0 Å². The van der Waals surface area contributed by atoms with E-state index in [1.54, 1.807) is 38.5 Å². The molecule has 0 radical (unpaired) electrons. The van der Waals surface area contributed by atoms with Crippen molar-refractivity contribution in [3.05, 3.63) is 75.8 Å². The first-order chi connectivity index (χ1) is 18.9. The van der Waals surface area contributed by atoms with E-state index in [-0.39, 0.29) is 31.2 Å². The molecule has 1 N–H and O–H groups in total. The van der Waals surface area contributed by atoms with Gasteiger partial charge in [0.15, 0.2) is 23.0 Å². The number of carbonyl (C=O) groups is 2. The molecule has 0 spiro atoms. The highest BCUT2D eigenvalue weighted by Crippen LogP contribution is 2.55. The van der Waals surface area contributed by atoms with E-state index in [1.807, 2.05) is 24.3 Å². The highest BCUT2D eigenvalue weighted by Gasteiger charge is 2.53. The van der Waals surface area contributed by atoms with Gasteiger partial charge in [-0.2, -0.15) is 0 Å². The van der Waals surface area contributed by atoms with E-state index in [9.17, 15) is 9.59 Å². The summed E-state index contributed by atoms with van der Waals surface area (Å²) in [7, 11) is 4.63. The molecular weight excluding hydrogens is 526 g/mol. The van der Waals surface area contributed by atoms with Crippen molar-refractivity contribution in [3.63, 3.8) is 0 Å². The summed E-state index contributed by atoms with van der Waals surface area (Å²) in [6.45, 7) is 0.244. The molecule has 6 rings (SSSR count). The molecule has 1 saturated heterocycles. The summed E-state index contributed by atoms with van der Waals surface area (Å²) >= 11 is 6.02. The molecular formula is C29H26ClNO8. The third-order valence-corrected chi connectivity index (χ3v) is 7.88. The lowest BCUT2D eigenvalue weighted by molar-refractivity contribution is -0.141. The van der Waals surface area contributed by atoms with Crippen molar-refractivity contribution < 1.29 is 38.0 Å². The van der Waals surface area contributed by atoms with Crippen molar-refractivity contribution >= 4 is 23.5 Å². The zero-order valence-corrected chi connectivity index (χ0v) is 22.2. The lowest BCUT2D eigenvalue weighted by Gasteiger charge is -2.39. The van der Waals surface area contributed by atoms with Crippen LogP contribution in [0.3, 0.4) is 0 Å². The second kappa shape index (κ2) is 9.89. The molecule has 39 heavy (non-hydrogen) atoms. The lowest BCUT2D eigenvalue weighted by Crippen LogP contribution is -2.42. The number of ether oxygens (including phenoxy) is 6. The minimum Gasteiger partial charge on any atom is -0.493 e. The molecule has 3 aromatic rings. The molecule has 0 unspecified atom stereocenters. The highest BCUT2D eigenvalue weighted by atomic mass is 35.5. The number of hydrogen-bond acceptors (Lipinski definition) is 8. The summed E-state index contributed by atoms with van der Waals surface area (Å²) < 4.78 is 33.7. The number of halogens is 1. The van der Waals surface area contributed by atoms with Gasteiger partial charge < -0.3 is 33.7 Å². The standard InChI is InChI=1S/C29H26ClNO8/c1-34-22-8-15(9-23(35-2)27(22)36-3)24-17-10-20-21(39-13-38-20)11-18(17)26(19-12-37-29(33)25(19)24)31-28(32)14-4-6-16(30)7-5-14/h4-11,19,24-26H,12-13H2,1-3H3,(H,31,32)/t19-,24+,25-,26+/m0/s1. The van der Waals surface area contributed by atoms with Crippen molar-refractivity contribution in [2.24, 2.45) is 11.8 Å². The summed E-state index contributed by atoms with van der Waals surface area (Å²) in [5, 5.41) is 3.68. The molecule has 1 fully saturated rings. The number of amides is 1. The molecule has 0 saturated carbocycles. The van der Waals surface area contributed by atoms with Crippen LogP contribution in [0, 0.1) is 11.8 Å². The Balaban J connectivity index is 1.51. The van der Waals surface area contributed by atoms with E-state index in [1.165, 1.54) is 7.11 Å². The van der Waals surface area contributed by atoms with Crippen LogP contribution in [0.25, 0.3) is 0 Å². The van der Waals surface area contributed by atoms with Crippen molar-refractivity contribution in [2.75, 3.05) is 34.7 Å². The van der Waals surface area contributed by atoms with Crippen molar-refractivity contribution in [1.29, 1.82) is 0 Å². The largest absolute Gasteiger partial charge is 0.493 e. The number of benzene rings is 3. The summed E-state index contributed by atoms with van der Waals surface area (Å²) in [6, 6.07) is 13.6. The monoisotopic (exact) mass is 551 g/mol. The molecule has 2 aliphatic heterocycles. The Labute approximate surface area is 229 Å². The fourth-order valence-corrected chi connectivity index (χ4v) is 5.98. The maximum atomic E-state index is 13.3. The van der Waals surface area contributed by atoms with Gasteiger partial charge in [0.05, 0.1) is 39.9 Å². The number of carbonyl (C=O) groups excluding carboxylic acids is 2. The molecule has 0 aromatic heterocycles. The Morgan fingerprint density at radius 3 is 2.15 bits per heavy atom. The Bertz CT molecular complexity index is 1430. The Morgan fingerprint density at radius 1 is 0.897 bits per heavy atom. The second-order valence-electron chi connectivity index (χ2n) is 9.55. The minimum atomic E-state index is -0.587. The highest BCUT2D eigenvalue weighted by molar-refractivity contribution is 6.30. The van der Waals surface area contributed by atoms with E-state index in [4.69, 9.17) is 40.0 Å². The SMILES string of the molecule is COc1cc([C@@H]2c3cc4c(cc3[C@@H](NC(=O)c3ccc(Cl)cc3)[C@H]3COC(=O)[C@H]23)OCO4)cc(OC)c1OC. The lowest BCUT2D eigenvalue weighted by atomic mass is 9.65. The van der Waals surface area contributed by atoms with Crippen LogP contribution in [0.2, 0.25) is 5.02 Å². The maximum Gasteiger partial charge on any atom is 0.310 e. The van der Waals surface area contributed by atoms with E-state index in [0.29, 0.717) is 39.3 Å². The number of cyclic esters (lactones) is 1. The first-order valence-corrected chi connectivity index (χ1v) is 12.8. The van der Waals surface area contributed by atoms with E-state index >= 15 is 0 Å². The summed E-state index contributed by atoms with van der Waals surface area (Å²) in [5.74, 6) is 0.534. The number of nitrogens with one attached hydrogen (secondary N) is 1. The topological polar surface area (TPSA) is 102 Å². The normalized spacial score (nSPS) is 22.4. The van der Waals surface area contributed by atoms with E-state index in [2.05, 4.69) is 5.32 Å². The number of fused-ring (bicyclic) bond motifs is 3. The van der Waals surface area contributed by atoms with Gasteiger partial charge in [-0.05, 0) is 65.2 Å². The van der Waals surface area contributed by atoms with Gasteiger partial charge in [-0.1, -0.05) is 11.6 Å². The molecule has 9 nitrogen and oxygen atoms in total. The zero-order chi connectivity index (χ0) is 27.3. The number of hydrogen-bond donors (Lipinski definition) is 1. The van der Waals surface area contributed by atoms with E-state index in [0.717, 1.165) is 16.7 Å². The first-order valence-electron chi connectivity index (χ1n) is 12.4. The van der Waals surface area contributed by atoms with Crippen LogP contribution >= 0.6 is 11.6 Å². The zero-order valence-electron chi connectivity index (χ0n) is 21.5. The fourth-order valence-electron chi connectivity index (χ4n) is 5.85. The average Bonchev–Trinajstić information content (AvgIpc) is 3.57. The van der Waals surface area contributed by atoms with Crippen molar-refractivity contribution in [1.82, 2.24) is 5.32 Å². The number of rotatable bonds is 6. The van der Waals surface area contributed by atoms with Crippen LogP contribution in [0.5, 0.6) is 28.7 Å². The second-order valence-corrected chi connectivity index (χ2v) is 9.98. The van der Waals surface area contributed by atoms with Crippen molar-refractivity contribution in [3.8, 4) is 28.7 Å². The van der Waals surface area contributed by atoms with Crippen LogP contribution in [-0.2, 0) is 9.53 Å². The molecule has 1 aliphatic carbocycles. The van der Waals surface area contributed by atoms with Gasteiger partial charge in [0.2, 0.25) is 12.5 Å². The Morgan fingerprint density at radius 2 is 1.54 bits per heavy atom. The molecule has 0 bridgehead atoms. The predicted molar refractivity (Wildman–Crippen MR) is 140 cm³/mol. The van der Waals surface area contributed by atoms with Crippen LogP contribution in [0.4, 0.5) is 0 Å². The molecule has 2 heterocycles. The summed E-state index contributed by atoms with van der Waals surface area (Å²) in [6.07, 6.45) is 0. The van der Waals surface area contributed by atoms with E-state index < -0.39 is 17.9 Å². The van der Waals surface area contributed by atoms with Crippen LogP contribution in [0.1, 0.15) is 39.0 Å². The molecule has 3 aliphatic rings. The number of methoxy groups -OCH3 is 3. The third-order valence-electron chi connectivity index (χ3n) is 7.63. The average molecular weight is 552 g/mol.